The number of thioether (sulfide) groups is 1. The van der Waals surface area contributed by atoms with Gasteiger partial charge in [0.1, 0.15) is 5.37 Å². The fourth-order valence-corrected chi connectivity index (χ4v) is 3.84. The minimum absolute atomic E-state index is 0.0635. The maximum absolute atomic E-state index is 13.3. The molecule has 1 atom stereocenters. The zero-order chi connectivity index (χ0) is 18.9. The zero-order valence-electron chi connectivity index (χ0n) is 13.2. The van der Waals surface area contributed by atoms with Gasteiger partial charge in [0.2, 0.25) is 0 Å². The van der Waals surface area contributed by atoms with Crippen molar-refractivity contribution >= 4 is 23.5 Å². The molecule has 0 bridgehead atoms. The van der Waals surface area contributed by atoms with Crippen LogP contribution in [0.25, 0.3) is 0 Å². The lowest BCUT2D eigenvalue weighted by Gasteiger charge is -2.25. The largest absolute Gasteiger partial charge is 0.416 e. The molecule has 3 rings (SSSR count). The summed E-state index contributed by atoms with van der Waals surface area (Å²) >= 11 is 1.33. The van der Waals surface area contributed by atoms with Crippen molar-refractivity contribution in [1.82, 2.24) is 4.90 Å². The summed E-state index contributed by atoms with van der Waals surface area (Å²) in [6.45, 7) is 0.321. The SMILES string of the molecule is O=C(Nc1ccc(F)c(F)c1)N1CCSC1c1cccc(C(F)(F)F)c1. The Hall–Kier alpha value is -2.29. The van der Waals surface area contributed by atoms with E-state index < -0.39 is 34.8 Å². The third kappa shape index (κ3) is 3.92. The lowest BCUT2D eigenvalue weighted by molar-refractivity contribution is -0.137. The smallest absolute Gasteiger partial charge is 0.308 e. The first-order valence-corrected chi connectivity index (χ1v) is 8.62. The molecule has 0 saturated carbocycles. The van der Waals surface area contributed by atoms with Crippen molar-refractivity contribution in [2.24, 2.45) is 0 Å². The van der Waals surface area contributed by atoms with Crippen LogP contribution in [0.5, 0.6) is 0 Å². The molecule has 1 aliphatic heterocycles. The summed E-state index contributed by atoms with van der Waals surface area (Å²) in [5.74, 6) is -1.60. The van der Waals surface area contributed by atoms with Gasteiger partial charge in [0.15, 0.2) is 11.6 Å². The Kier molecular flexibility index (Phi) is 5.08. The molecule has 1 aliphatic rings. The number of alkyl halides is 3. The summed E-state index contributed by atoms with van der Waals surface area (Å²) in [6.07, 6.45) is -4.47. The van der Waals surface area contributed by atoms with E-state index in [1.54, 1.807) is 0 Å². The third-order valence-corrected chi connectivity index (χ3v) is 5.08. The number of halogens is 5. The highest BCUT2D eigenvalue weighted by molar-refractivity contribution is 7.99. The molecule has 1 saturated heterocycles. The second kappa shape index (κ2) is 7.14. The van der Waals surface area contributed by atoms with Gasteiger partial charge in [0.25, 0.3) is 0 Å². The summed E-state index contributed by atoms with van der Waals surface area (Å²) in [7, 11) is 0. The second-order valence-electron chi connectivity index (χ2n) is 5.60. The molecule has 2 amide bonds. The van der Waals surface area contributed by atoms with E-state index in [0.29, 0.717) is 17.9 Å². The fraction of sp³-hybridized carbons (Fsp3) is 0.235. The van der Waals surface area contributed by atoms with E-state index in [9.17, 15) is 26.7 Å². The molecule has 26 heavy (non-hydrogen) atoms. The molecule has 2 aromatic rings. The van der Waals surface area contributed by atoms with Gasteiger partial charge in [-0.05, 0) is 29.8 Å². The highest BCUT2D eigenvalue weighted by atomic mass is 32.2. The molecule has 1 heterocycles. The topological polar surface area (TPSA) is 32.3 Å². The number of nitrogens with one attached hydrogen (secondary N) is 1. The number of carbonyl (C=O) groups excluding carboxylic acids is 1. The fourth-order valence-electron chi connectivity index (χ4n) is 2.59. The molecule has 1 N–H and O–H groups in total. The molecule has 2 aromatic carbocycles. The van der Waals surface area contributed by atoms with Gasteiger partial charge in [-0.25, -0.2) is 13.6 Å². The minimum atomic E-state index is -4.47. The Balaban J connectivity index is 1.79. The first-order chi connectivity index (χ1) is 12.3. The predicted octanol–water partition coefficient (Wildman–Crippen LogP) is 5.26. The van der Waals surface area contributed by atoms with Gasteiger partial charge in [0.05, 0.1) is 5.56 Å². The molecular weight excluding hydrogens is 375 g/mol. The van der Waals surface area contributed by atoms with Crippen LogP contribution in [0.2, 0.25) is 0 Å². The molecule has 0 aliphatic carbocycles. The van der Waals surface area contributed by atoms with Gasteiger partial charge in [-0.2, -0.15) is 13.2 Å². The Labute approximate surface area is 150 Å². The number of hydrogen-bond donors (Lipinski definition) is 1. The van der Waals surface area contributed by atoms with E-state index in [0.717, 1.165) is 24.3 Å². The molecule has 0 aromatic heterocycles. The number of amides is 2. The van der Waals surface area contributed by atoms with Crippen molar-refractivity contribution in [2.75, 3.05) is 17.6 Å². The highest BCUT2D eigenvalue weighted by Gasteiger charge is 2.34. The third-order valence-electron chi connectivity index (χ3n) is 3.82. The lowest BCUT2D eigenvalue weighted by atomic mass is 10.1. The van der Waals surface area contributed by atoms with Crippen LogP contribution in [0.1, 0.15) is 16.5 Å². The van der Waals surface area contributed by atoms with E-state index in [1.807, 2.05) is 0 Å². The Morgan fingerprint density at radius 2 is 1.88 bits per heavy atom. The van der Waals surface area contributed by atoms with Gasteiger partial charge in [-0.15, -0.1) is 11.8 Å². The monoisotopic (exact) mass is 388 g/mol. The molecule has 138 valence electrons. The van der Waals surface area contributed by atoms with Crippen molar-refractivity contribution in [1.29, 1.82) is 0 Å². The molecule has 0 radical (unpaired) electrons. The molecule has 9 heteroatoms. The van der Waals surface area contributed by atoms with Crippen LogP contribution in [0, 0.1) is 11.6 Å². The van der Waals surface area contributed by atoms with Crippen LogP contribution in [0.4, 0.5) is 32.4 Å². The molecule has 1 unspecified atom stereocenters. The average Bonchev–Trinajstić information content (AvgIpc) is 3.07. The van der Waals surface area contributed by atoms with Crippen LogP contribution >= 0.6 is 11.8 Å². The van der Waals surface area contributed by atoms with Gasteiger partial charge < -0.3 is 10.2 Å². The summed E-state index contributed by atoms with van der Waals surface area (Å²) in [5.41, 5.74) is -0.375. The van der Waals surface area contributed by atoms with Crippen LogP contribution in [-0.2, 0) is 6.18 Å². The molecule has 1 fully saturated rings. The van der Waals surface area contributed by atoms with Gasteiger partial charge in [0, 0.05) is 24.1 Å². The van der Waals surface area contributed by atoms with Crippen molar-refractivity contribution in [3.05, 3.63) is 65.2 Å². The number of urea groups is 1. The second-order valence-corrected chi connectivity index (χ2v) is 6.79. The first kappa shape index (κ1) is 18.5. The highest BCUT2D eigenvalue weighted by Crippen LogP contribution is 2.40. The average molecular weight is 388 g/mol. The Bertz CT molecular complexity index is 827. The number of anilines is 1. The number of carbonyl (C=O) groups is 1. The van der Waals surface area contributed by atoms with E-state index in [2.05, 4.69) is 5.32 Å². The molecular formula is C17H13F5N2OS. The van der Waals surface area contributed by atoms with E-state index in [1.165, 1.54) is 34.9 Å². The van der Waals surface area contributed by atoms with Crippen LogP contribution in [0.3, 0.4) is 0 Å². The number of nitrogens with zero attached hydrogens (tertiary/aromatic N) is 1. The Morgan fingerprint density at radius 1 is 1.12 bits per heavy atom. The quantitative estimate of drug-likeness (QED) is 0.712. The number of benzene rings is 2. The van der Waals surface area contributed by atoms with Crippen LogP contribution < -0.4 is 5.32 Å². The lowest BCUT2D eigenvalue weighted by Crippen LogP contribution is -2.34. The summed E-state index contributed by atoms with van der Waals surface area (Å²) in [4.78, 5) is 13.8. The Morgan fingerprint density at radius 3 is 2.58 bits per heavy atom. The van der Waals surface area contributed by atoms with Gasteiger partial charge in [-0.3, -0.25) is 0 Å². The maximum atomic E-state index is 13.3. The van der Waals surface area contributed by atoms with Gasteiger partial charge in [-0.1, -0.05) is 12.1 Å². The van der Waals surface area contributed by atoms with E-state index in [4.69, 9.17) is 0 Å². The zero-order valence-corrected chi connectivity index (χ0v) is 14.0. The van der Waals surface area contributed by atoms with Crippen LogP contribution in [0.15, 0.2) is 42.5 Å². The number of hydrogen-bond acceptors (Lipinski definition) is 2. The normalized spacial score (nSPS) is 17.4. The van der Waals surface area contributed by atoms with Crippen molar-refractivity contribution in [3.8, 4) is 0 Å². The number of rotatable bonds is 2. The minimum Gasteiger partial charge on any atom is -0.308 e. The van der Waals surface area contributed by atoms with E-state index >= 15 is 0 Å². The predicted molar refractivity (Wildman–Crippen MR) is 88.7 cm³/mol. The van der Waals surface area contributed by atoms with E-state index in [-0.39, 0.29) is 5.69 Å². The van der Waals surface area contributed by atoms with Crippen LogP contribution in [-0.4, -0.2) is 23.2 Å². The summed E-state index contributed by atoms with van der Waals surface area (Å²) in [6, 6.07) is 7.14. The standard InChI is InChI=1S/C17H13F5N2OS/c18-13-5-4-12(9-14(13)19)23-16(25)24-6-7-26-15(24)10-2-1-3-11(8-10)17(20,21)22/h1-5,8-9,15H,6-7H2,(H,23,25). The first-order valence-electron chi connectivity index (χ1n) is 7.57. The molecule has 0 spiro atoms. The maximum Gasteiger partial charge on any atom is 0.416 e. The van der Waals surface area contributed by atoms with Crippen molar-refractivity contribution in [3.63, 3.8) is 0 Å². The van der Waals surface area contributed by atoms with Gasteiger partial charge >= 0.3 is 12.2 Å². The molecule has 3 nitrogen and oxygen atoms in total. The van der Waals surface area contributed by atoms with Crippen molar-refractivity contribution in [2.45, 2.75) is 11.6 Å². The summed E-state index contributed by atoms with van der Waals surface area (Å²) < 4.78 is 64.9. The summed E-state index contributed by atoms with van der Waals surface area (Å²) in [5, 5.41) is 1.85. The van der Waals surface area contributed by atoms with Crippen molar-refractivity contribution < 1.29 is 26.7 Å².